The van der Waals surface area contributed by atoms with Crippen molar-refractivity contribution in [1.29, 1.82) is 0 Å². The first kappa shape index (κ1) is 48.2. The summed E-state index contributed by atoms with van der Waals surface area (Å²) in [5, 5.41) is 31.1. The molecule has 6 atom stereocenters. The number of β-amino-alcohol motifs (C(OH)–C–C–N with tert-alkyl or cyclic N) is 1. The number of rotatable bonds is 21. The summed E-state index contributed by atoms with van der Waals surface area (Å²) in [5.74, 6) is -2.30. The highest BCUT2D eigenvalue weighted by Crippen LogP contribution is 2.33. The van der Waals surface area contributed by atoms with Gasteiger partial charge in [0.05, 0.1) is 32.6 Å². The summed E-state index contributed by atoms with van der Waals surface area (Å²) in [6.07, 6.45) is 2.92. The molecule has 4 unspecified atom stereocenters. The van der Waals surface area contributed by atoms with Crippen molar-refractivity contribution in [3.8, 4) is 17.0 Å². The minimum Gasteiger partial charge on any atom is -0.497 e. The van der Waals surface area contributed by atoms with Crippen molar-refractivity contribution in [3.05, 3.63) is 90.1 Å². The van der Waals surface area contributed by atoms with E-state index in [0.717, 1.165) is 39.4 Å². The number of aromatic nitrogens is 2. The monoisotopic (exact) mass is 894 g/mol. The highest BCUT2D eigenvalue weighted by molar-refractivity contribution is 5.98. The van der Waals surface area contributed by atoms with Gasteiger partial charge in [0.1, 0.15) is 29.9 Å². The molecule has 17 nitrogen and oxygen atoms in total. The Labute approximate surface area is 378 Å². The van der Waals surface area contributed by atoms with Crippen molar-refractivity contribution in [3.63, 3.8) is 0 Å². The molecular formula is C48H62N8O9. The number of H-pyrrole nitrogens is 2. The van der Waals surface area contributed by atoms with Crippen LogP contribution in [0.1, 0.15) is 43.7 Å². The third-order valence-corrected chi connectivity index (χ3v) is 12.1. The number of amides is 5. The molecule has 2 aromatic heterocycles. The molecule has 348 valence electrons. The summed E-state index contributed by atoms with van der Waals surface area (Å²) in [4.78, 5) is 82.3. The van der Waals surface area contributed by atoms with E-state index in [9.17, 15) is 34.2 Å². The van der Waals surface area contributed by atoms with Gasteiger partial charge in [-0.1, -0.05) is 56.2 Å². The molecular weight excluding hydrogens is 833 g/mol. The zero-order valence-corrected chi connectivity index (χ0v) is 37.9. The van der Waals surface area contributed by atoms with Crippen molar-refractivity contribution >= 4 is 51.3 Å². The fourth-order valence-electron chi connectivity index (χ4n) is 8.60. The van der Waals surface area contributed by atoms with E-state index in [1.54, 1.807) is 39.3 Å². The zero-order valence-electron chi connectivity index (χ0n) is 37.9. The van der Waals surface area contributed by atoms with E-state index in [-0.39, 0.29) is 38.4 Å². The maximum atomic E-state index is 14.9. The third-order valence-electron chi connectivity index (χ3n) is 12.1. The molecule has 3 aromatic carbocycles. The Hall–Kier alpha value is -6.27. The van der Waals surface area contributed by atoms with Crippen molar-refractivity contribution in [2.45, 2.75) is 81.8 Å². The SMILES string of the molecule is CCCCC(C(=O)N(C)C)N(C)C(=O)C(Cc1c(-c2ccc(OC)cc2)[nH]c2ccccc12)NC(=O)[C@H](CO)NC(=O)C(Cc1c[nH]c2ccccc12)NC(=O)C1C[C@@H](O)CN1COC. The number of benzene rings is 3. The molecule has 6 rings (SSSR count). The number of ether oxygens (including phenoxy) is 2. The predicted molar refractivity (Wildman–Crippen MR) is 247 cm³/mol. The lowest BCUT2D eigenvalue weighted by Gasteiger charge is -2.33. The van der Waals surface area contributed by atoms with Crippen LogP contribution in [0.4, 0.5) is 0 Å². The van der Waals surface area contributed by atoms with Crippen LogP contribution in [0.3, 0.4) is 0 Å². The molecule has 1 aliphatic heterocycles. The lowest BCUT2D eigenvalue weighted by Crippen LogP contribution is -2.60. The Morgan fingerprint density at radius 1 is 0.831 bits per heavy atom. The highest BCUT2D eigenvalue weighted by atomic mass is 16.5. The highest BCUT2D eigenvalue weighted by Gasteiger charge is 2.39. The average Bonchev–Trinajstić information content (AvgIpc) is 4.01. The summed E-state index contributed by atoms with van der Waals surface area (Å²) < 4.78 is 10.7. The summed E-state index contributed by atoms with van der Waals surface area (Å²) in [7, 11) is 7.86. The van der Waals surface area contributed by atoms with Gasteiger partial charge in [0.25, 0.3) is 0 Å². The second kappa shape index (κ2) is 22.1. The number of unbranched alkanes of at least 4 members (excludes halogenated alkanes) is 1. The maximum absolute atomic E-state index is 14.9. The summed E-state index contributed by atoms with van der Waals surface area (Å²) in [6.45, 7) is 1.44. The molecule has 0 spiro atoms. The number of aliphatic hydroxyl groups is 2. The van der Waals surface area contributed by atoms with Crippen molar-refractivity contribution < 1.29 is 43.7 Å². The van der Waals surface area contributed by atoms with Crippen LogP contribution in [-0.4, -0.2) is 156 Å². The molecule has 1 saturated heterocycles. The Morgan fingerprint density at radius 2 is 1.49 bits per heavy atom. The van der Waals surface area contributed by atoms with Crippen molar-refractivity contribution in [2.75, 3.05) is 55.2 Å². The minimum atomic E-state index is -1.56. The van der Waals surface area contributed by atoms with Gasteiger partial charge in [0.15, 0.2) is 0 Å². The molecule has 65 heavy (non-hydrogen) atoms. The lowest BCUT2D eigenvalue weighted by atomic mass is 9.97. The number of hydrogen-bond donors (Lipinski definition) is 7. The standard InChI is InChI=1S/C48H62N8O9/c1-7-8-17-41(48(63)54(2)3)55(4)47(62)39(24-35-34-14-10-12-16-37(34)50-43(35)29-18-20-32(65-6)21-19-29)52-45(60)40(27-57)53-44(59)38(22-30-25-49-36-15-11-9-13-33(30)36)51-46(61)42-23-31(58)26-56(42)28-64-5/h9-16,18-21,25,31,38-42,49-50,57-58H,7-8,17,22-24,26-28H2,1-6H3,(H,51,61)(H,52,60)(H,53,59)/t31-,38?,39?,40+,41?,42?/m1/s1. The number of carbonyl (C=O) groups is 5. The number of carbonyl (C=O) groups excluding carboxylic acids is 5. The van der Waals surface area contributed by atoms with Crippen LogP contribution in [0.2, 0.25) is 0 Å². The fraction of sp³-hybridized carbons (Fsp3) is 0.438. The molecule has 0 saturated carbocycles. The maximum Gasteiger partial charge on any atom is 0.245 e. The molecule has 17 heteroatoms. The van der Waals surface area contributed by atoms with E-state index in [1.807, 2.05) is 79.7 Å². The number of likely N-dealkylation sites (N-methyl/N-ethyl adjacent to an activating group) is 2. The van der Waals surface area contributed by atoms with Gasteiger partial charge in [-0.05, 0) is 65.9 Å². The predicted octanol–water partition coefficient (Wildman–Crippen LogP) is 2.70. The first-order chi connectivity index (χ1) is 31.3. The topological polar surface area (TPSA) is 222 Å². The smallest absolute Gasteiger partial charge is 0.245 e. The van der Waals surface area contributed by atoms with Gasteiger partial charge < -0.3 is 55.4 Å². The number of fused-ring (bicyclic) bond motifs is 2. The quantitative estimate of drug-likeness (QED) is 0.0571. The molecule has 0 radical (unpaired) electrons. The normalized spacial score (nSPS) is 17.0. The fourth-order valence-corrected chi connectivity index (χ4v) is 8.60. The van der Waals surface area contributed by atoms with E-state index in [1.165, 1.54) is 16.9 Å². The van der Waals surface area contributed by atoms with Crippen molar-refractivity contribution in [2.24, 2.45) is 0 Å². The molecule has 1 aliphatic rings. The van der Waals surface area contributed by atoms with E-state index in [0.29, 0.717) is 29.8 Å². The molecule has 5 aromatic rings. The Morgan fingerprint density at radius 3 is 2.15 bits per heavy atom. The first-order valence-electron chi connectivity index (χ1n) is 22.0. The number of nitrogens with zero attached hydrogens (tertiary/aromatic N) is 3. The van der Waals surface area contributed by atoms with Crippen LogP contribution < -0.4 is 20.7 Å². The molecule has 0 aliphatic carbocycles. The van der Waals surface area contributed by atoms with Gasteiger partial charge in [-0.3, -0.25) is 28.9 Å². The number of aliphatic hydroxyl groups excluding tert-OH is 2. The van der Waals surface area contributed by atoms with E-state index in [4.69, 9.17) is 9.47 Å². The number of para-hydroxylation sites is 2. The van der Waals surface area contributed by atoms with Crippen LogP contribution in [0.15, 0.2) is 79.0 Å². The van der Waals surface area contributed by atoms with Gasteiger partial charge >= 0.3 is 0 Å². The van der Waals surface area contributed by atoms with Crippen LogP contribution >= 0.6 is 0 Å². The van der Waals surface area contributed by atoms with Crippen LogP contribution in [0, 0.1) is 0 Å². The number of hydrogen-bond acceptors (Lipinski definition) is 10. The number of likely N-dealkylation sites (tertiary alicyclic amines) is 1. The van der Waals surface area contributed by atoms with E-state index < -0.39 is 66.5 Å². The summed E-state index contributed by atoms with van der Waals surface area (Å²) >= 11 is 0. The molecule has 1 fully saturated rings. The summed E-state index contributed by atoms with van der Waals surface area (Å²) in [6, 6.07) is 16.8. The second-order valence-corrected chi connectivity index (χ2v) is 16.8. The van der Waals surface area contributed by atoms with Gasteiger partial charge in [0.2, 0.25) is 29.5 Å². The Bertz CT molecular complexity index is 2430. The first-order valence-corrected chi connectivity index (χ1v) is 22.0. The zero-order chi connectivity index (χ0) is 46.8. The Balaban J connectivity index is 1.32. The van der Waals surface area contributed by atoms with Gasteiger partial charge in [-0.25, -0.2) is 0 Å². The largest absolute Gasteiger partial charge is 0.497 e. The summed E-state index contributed by atoms with van der Waals surface area (Å²) in [5.41, 5.74) is 4.55. The van der Waals surface area contributed by atoms with E-state index in [2.05, 4.69) is 25.9 Å². The molecule has 3 heterocycles. The van der Waals surface area contributed by atoms with E-state index >= 15 is 0 Å². The average molecular weight is 895 g/mol. The van der Waals surface area contributed by atoms with Gasteiger partial charge in [0, 0.05) is 81.3 Å². The van der Waals surface area contributed by atoms with Crippen LogP contribution in [0.25, 0.3) is 33.1 Å². The van der Waals surface area contributed by atoms with Crippen LogP contribution in [0.5, 0.6) is 5.75 Å². The van der Waals surface area contributed by atoms with Gasteiger partial charge in [-0.2, -0.15) is 0 Å². The van der Waals surface area contributed by atoms with Crippen LogP contribution in [-0.2, 0) is 41.6 Å². The molecule has 7 N–H and O–H groups in total. The lowest BCUT2D eigenvalue weighted by molar-refractivity contribution is -0.145. The number of methoxy groups -OCH3 is 2. The number of aromatic amines is 2. The van der Waals surface area contributed by atoms with Crippen molar-refractivity contribution in [1.82, 2.24) is 40.6 Å². The molecule has 0 bridgehead atoms. The Kier molecular flexibility index (Phi) is 16.4. The second-order valence-electron chi connectivity index (χ2n) is 16.8. The minimum absolute atomic E-state index is 0.0144. The number of nitrogens with one attached hydrogen (secondary N) is 5. The third kappa shape index (κ3) is 11.3. The molecule has 5 amide bonds. The van der Waals surface area contributed by atoms with Gasteiger partial charge in [-0.15, -0.1) is 0 Å².